The van der Waals surface area contributed by atoms with Gasteiger partial charge >= 0.3 is 6.09 Å². The lowest BCUT2D eigenvalue weighted by molar-refractivity contribution is -0.131. The Morgan fingerprint density at radius 2 is 1.65 bits per heavy atom. The molecular weight excluding hydrogens is 258 g/mol. The molecular formula is C14H27N3O3. The minimum atomic E-state index is -0.230. The van der Waals surface area contributed by atoms with Gasteiger partial charge in [-0.3, -0.25) is 9.69 Å². The third kappa shape index (κ3) is 5.00. The van der Waals surface area contributed by atoms with Crippen LogP contribution in [0.5, 0.6) is 0 Å². The maximum Gasteiger partial charge on any atom is 0.409 e. The van der Waals surface area contributed by atoms with Gasteiger partial charge in [-0.25, -0.2) is 4.79 Å². The standard InChI is InChI=1S/C14H27N3O3/c1-4-16(5-2)13(18)7-8-15-9-11-17(12-10-15)14(19)20-6-3/h4-12H2,1-3H3. The first kappa shape index (κ1) is 16.8. The Balaban J connectivity index is 2.25. The van der Waals surface area contributed by atoms with Crippen LogP contribution in [0, 0.1) is 0 Å². The molecule has 116 valence electrons. The van der Waals surface area contributed by atoms with Crippen LogP contribution in [0.15, 0.2) is 0 Å². The lowest BCUT2D eigenvalue weighted by atomic mass is 10.2. The summed E-state index contributed by atoms with van der Waals surface area (Å²) in [6.45, 7) is 11.5. The molecule has 0 atom stereocenters. The Hall–Kier alpha value is -1.30. The fraction of sp³-hybridized carbons (Fsp3) is 0.857. The fourth-order valence-electron chi connectivity index (χ4n) is 2.36. The van der Waals surface area contributed by atoms with Gasteiger partial charge in [0.1, 0.15) is 0 Å². The summed E-state index contributed by atoms with van der Waals surface area (Å²) in [5.74, 6) is 0.211. The van der Waals surface area contributed by atoms with Crippen LogP contribution in [0.2, 0.25) is 0 Å². The van der Waals surface area contributed by atoms with E-state index in [-0.39, 0.29) is 12.0 Å². The van der Waals surface area contributed by atoms with E-state index in [4.69, 9.17) is 4.74 Å². The van der Waals surface area contributed by atoms with Crippen LogP contribution in [-0.2, 0) is 9.53 Å². The monoisotopic (exact) mass is 285 g/mol. The minimum absolute atomic E-state index is 0.211. The van der Waals surface area contributed by atoms with Crippen molar-refractivity contribution in [3.05, 3.63) is 0 Å². The van der Waals surface area contributed by atoms with Crippen molar-refractivity contribution in [1.82, 2.24) is 14.7 Å². The summed E-state index contributed by atoms with van der Waals surface area (Å²) in [6, 6.07) is 0. The van der Waals surface area contributed by atoms with E-state index in [1.54, 1.807) is 4.90 Å². The summed E-state index contributed by atoms with van der Waals surface area (Å²) >= 11 is 0. The zero-order chi connectivity index (χ0) is 15.0. The third-order valence-corrected chi connectivity index (χ3v) is 3.66. The Morgan fingerprint density at radius 3 is 2.15 bits per heavy atom. The maximum absolute atomic E-state index is 11.9. The predicted octanol–water partition coefficient (Wildman–Crippen LogP) is 1.02. The van der Waals surface area contributed by atoms with Crippen molar-refractivity contribution in [2.24, 2.45) is 0 Å². The molecule has 1 saturated heterocycles. The highest BCUT2D eigenvalue weighted by Crippen LogP contribution is 2.05. The van der Waals surface area contributed by atoms with Gasteiger partial charge < -0.3 is 14.5 Å². The van der Waals surface area contributed by atoms with Crippen molar-refractivity contribution in [3.63, 3.8) is 0 Å². The van der Waals surface area contributed by atoms with Gasteiger partial charge in [-0.05, 0) is 20.8 Å². The van der Waals surface area contributed by atoms with E-state index in [2.05, 4.69) is 4.90 Å². The average molecular weight is 285 g/mol. The van der Waals surface area contributed by atoms with Crippen LogP contribution in [0.3, 0.4) is 0 Å². The fourth-order valence-corrected chi connectivity index (χ4v) is 2.36. The molecule has 6 nitrogen and oxygen atoms in total. The second-order valence-electron chi connectivity index (χ2n) is 4.84. The van der Waals surface area contributed by atoms with Crippen LogP contribution in [-0.4, -0.2) is 79.1 Å². The topological polar surface area (TPSA) is 53.1 Å². The second kappa shape index (κ2) is 8.79. The SMILES string of the molecule is CCOC(=O)N1CCN(CCC(=O)N(CC)CC)CC1. The zero-order valence-electron chi connectivity index (χ0n) is 12.9. The number of piperazine rings is 1. The second-order valence-corrected chi connectivity index (χ2v) is 4.84. The molecule has 0 unspecified atom stereocenters. The smallest absolute Gasteiger partial charge is 0.409 e. The van der Waals surface area contributed by atoms with Gasteiger partial charge in [0.2, 0.25) is 5.91 Å². The molecule has 0 aliphatic carbocycles. The molecule has 0 aromatic carbocycles. The molecule has 0 aromatic heterocycles. The van der Waals surface area contributed by atoms with Crippen LogP contribution >= 0.6 is 0 Å². The highest BCUT2D eigenvalue weighted by molar-refractivity contribution is 5.76. The number of amides is 2. The summed E-state index contributed by atoms with van der Waals surface area (Å²) in [5.41, 5.74) is 0. The van der Waals surface area contributed by atoms with Gasteiger partial charge in [-0.1, -0.05) is 0 Å². The number of hydrogen-bond donors (Lipinski definition) is 0. The number of ether oxygens (including phenoxy) is 1. The normalized spacial score (nSPS) is 16.1. The van der Waals surface area contributed by atoms with Crippen molar-refractivity contribution < 1.29 is 14.3 Å². The summed E-state index contributed by atoms with van der Waals surface area (Å²) in [4.78, 5) is 29.3. The van der Waals surface area contributed by atoms with Crippen LogP contribution < -0.4 is 0 Å². The first-order valence-electron chi connectivity index (χ1n) is 7.54. The Kier molecular flexibility index (Phi) is 7.36. The number of nitrogens with zero attached hydrogens (tertiary/aromatic N) is 3. The molecule has 1 fully saturated rings. The van der Waals surface area contributed by atoms with Crippen LogP contribution in [0.25, 0.3) is 0 Å². The summed E-state index contributed by atoms with van der Waals surface area (Å²) in [7, 11) is 0. The van der Waals surface area contributed by atoms with Crippen molar-refractivity contribution >= 4 is 12.0 Å². The summed E-state index contributed by atoms with van der Waals surface area (Å²) < 4.78 is 4.98. The van der Waals surface area contributed by atoms with E-state index in [9.17, 15) is 9.59 Å². The number of carbonyl (C=O) groups is 2. The van der Waals surface area contributed by atoms with E-state index < -0.39 is 0 Å². The van der Waals surface area contributed by atoms with Crippen molar-refractivity contribution in [2.45, 2.75) is 27.2 Å². The van der Waals surface area contributed by atoms with Crippen LogP contribution in [0.1, 0.15) is 27.2 Å². The molecule has 0 spiro atoms. The quantitative estimate of drug-likeness (QED) is 0.731. The zero-order valence-corrected chi connectivity index (χ0v) is 12.9. The lowest BCUT2D eigenvalue weighted by Crippen LogP contribution is -2.49. The highest BCUT2D eigenvalue weighted by atomic mass is 16.6. The van der Waals surface area contributed by atoms with Gasteiger partial charge in [0, 0.05) is 52.2 Å². The number of rotatable bonds is 6. The molecule has 6 heteroatoms. The molecule has 2 amide bonds. The molecule has 0 bridgehead atoms. The van der Waals surface area contributed by atoms with Gasteiger partial charge in [0.05, 0.1) is 6.61 Å². The molecule has 1 aliphatic rings. The lowest BCUT2D eigenvalue weighted by Gasteiger charge is -2.34. The van der Waals surface area contributed by atoms with Crippen molar-refractivity contribution in [1.29, 1.82) is 0 Å². The first-order chi connectivity index (χ1) is 9.62. The maximum atomic E-state index is 11.9. The summed E-state index contributed by atoms with van der Waals surface area (Å²) in [6.07, 6.45) is 0.326. The Morgan fingerprint density at radius 1 is 1.05 bits per heavy atom. The number of hydrogen-bond acceptors (Lipinski definition) is 4. The number of carbonyl (C=O) groups excluding carboxylic acids is 2. The molecule has 20 heavy (non-hydrogen) atoms. The van der Waals surface area contributed by atoms with Crippen molar-refractivity contribution in [2.75, 3.05) is 52.4 Å². The molecule has 1 aliphatic heterocycles. The third-order valence-electron chi connectivity index (χ3n) is 3.66. The molecule has 1 rings (SSSR count). The summed E-state index contributed by atoms with van der Waals surface area (Å²) in [5, 5.41) is 0. The Bertz CT molecular complexity index is 311. The first-order valence-corrected chi connectivity index (χ1v) is 7.54. The Labute approximate surface area is 121 Å². The van der Waals surface area contributed by atoms with Gasteiger partial charge in [-0.2, -0.15) is 0 Å². The van der Waals surface area contributed by atoms with E-state index in [1.807, 2.05) is 25.7 Å². The van der Waals surface area contributed by atoms with E-state index in [1.165, 1.54) is 0 Å². The molecule has 0 saturated carbocycles. The average Bonchev–Trinajstić information content (AvgIpc) is 2.47. The van der Waals surface area contributed by atoms with E-state index in [0.717, 1.165) is 32.7 Å². The molecule has 0 N–H and O–H groups in total. The largest absolute Gasteiger partial charge is 0.450 e. The van der Waals surface area contributed by atoms with Gasteiger partial charge in [-0.15, -0.1) is 0 Å². The van der Waals surface area contributed by atoms with Gasteiger partial charge in [0.25, 0.3) is 0 Å². The molecule has 1 heterocycles. The highest BCUT2D eigenvalue weighted by Gasteiger charge is 2.22. The van der Waals surface area contributed by atoms with Crippen LogP contribution in [0.4, 0.5) is 4.79 Å². The van der Waals surface area contributed by atoms with E-state index >= 15 is 0 Å². The van der Waals surface area contributed by atoms with E-state index in [0.29, 0.717) is 26.1 Å². The molecule has 0 radical (unpaired) electrons. The predicted molar refractivity (Wildman–Crippen MR) is 77.6 cm³/mol. The minimum Gasteiger partial charge on any atom is -0.450 e. The van der Waals surface area contributed by atoms with Crippen molar-refractivity contribution in [3.8, 4) is 0 Å². The molecule has 0 aromatic rings. The van der Waals surface area contributed by atoms with Gasteiger partial charge in [0.15, 0.2) is 0 Å².